The largest absolute Gasteiger partial charge is 0.282 e. The van der Waals surface area contributed by atoms with E-state index in [9.17, 15) is 12.8 Å². The summed E-state index contributed by atoms with van der Waals surface area (Å²) in [5.74, 6) is -0.937. The summed E-state index contributed by atoms with van der Waals surface area (Å²) in [6, 6.07) is 3.90. The van der Waals surface area contributed by atoms with Crippen molar-refractivity contribution in [3.05, 3.63) is 47.1 Å². The minimum Gasteiger partial charge on any atom is -0.275 e. The fourth-order valence-corrected chi connectivity index (χ4v) is 2.86. The molecule has 1 N–H and O–H groups in total. The molecule has 0 aliphatic carbocycles. The minimum absolute atomic E-state index is 0.0140. The number of pyridine rings is 2. The summed E-state index contributed by atoms with van der Waals surface area (Å²) in [7, 11) is -4.15. The van der Waals surface area contributed by atoms with Crippen LogP contribution in [-0.4, -0.2) is 18.4 Å². The highest BCUT2D eigenvalue weighted by molar-refractivity contribution is 7.92. The lowest BCUT2D eigenvalue weighted by atomic mass is 10.3. The van der Waals surface area contributed by atoms with Crippen LogP contribution in [0, 0.1) is 12.7 Å². The van der Waals surface area contributed by atoms with Gasteiger partial charge in [-0.25, -0.2) is 14.4 Å². The molecule has 2 aromatic heterocycles. The number of nitrogens with zero attached hydrogens (tertiary/aromatic N) is 2. The van der Waals surface area contributed by atoms with Gasteiger partial charge in [-0.1, -0.05) is 11.6 Å². The van der Waals surface area contributed by atoms with Crippen molar-refractivity contribution in [3.8, 4) is 0 Å². The topological polar surface area (TPSA) is 72.0 Å². The quantitative estimate of drug-likeness (QED) is 0.884. The third-order valence-electron chi connectivity index (χ3n) is 2.33. The molecule has 0 bridgehead atoms. The maximum atomic E-state index is 13.5. The van der Waals surface area contributed by atoms with Crippen LogP contribution >= 0.6 is 11.6 Å². The van der Waals surface area contributed by atoms with Crippen LogP contribution in [0.1, 0.15) is 5.56 Å². The molecule has 0 aliphatic rings. The van der Waals surface area contributed by atoms with Crippen LogP contribution in [0.4, 0.5) is 10.1 Å². The van der Waals surface area contributed by atoms with Gasteiger partial charge in [0.2, 0.25) is 5.03 Å². The Hall–Kier alpha value is -1.73. The van der Waals surface area contributed by atoms with Crippen molar-refractivity contribution >= 4 is 27.3 Å². The van der Waals surface area contributed by atoms with Crippen LogP contribution in [0.15, 0.2) is 35.6 Å². The third kappa shape index (κ3) is 2.82. The number of nitrogens with one attached hydrogen (secondary N) is 1. The van der Waals surface area contributed by atoms with E-state index in [1.165, 1.54) is 18.5 Å². The van der Waals surface area contributed by atoms with E-state index in [0.717, 1.165) is 6.07 Å². The fourth-order valence-electron chi connectivity index (χ4n) is 1.40. The lowest BCUT2D eigenvalue weighted by Gasteiger charge is -2.11. The zero-order valence-electron chi connectivity index (χ0n) is 9.76. The highest BCUT2D eigenvalue weighted by Crippen LogP contribution is 2.25. The molecule has 2 aromatic rings. The van der Waals surface area contributed by atoms with Gasteiger partial charge in [-0.2, -0.15) is 8.42 Å². The zero-order chi connectivity index (χ0) is 14.0. The molecule has 100 valence electrons. The van der Waals surface area contributed by atoms with Gasteiger partial charge in [0.05, 0.1) is 5.69 Å². The predicted molar refractivity (Wildman–Crippen MR) is 69.0 cm³/mol. The van der Waals surface area contributed by atoms with E-state index >= 15 is 0 Å². The van der Waals surface area contributed by atoms with Crippen molar-refractivity contribution in [1.29, 1.82) is 0 Å². The molecule has 0 fully saturated rings. The highest BCUT2D eigenvalue weighted by atomic mass is 35.5. The number of rotatable bonds is 3. The van der Waals surface area contributed by atoms with Crippen molar-refractivity contribution in [2.24, 2.45) is 0 Å². The van der Waals surface area contributed by atoms with E-state index in [1.807, 2.05) is 0 Å². The number of aromatic nitrogens is 2. The van der Waals surface area contributed by atoms with Crippen LogP contribution < -0.4 is 4.72 Å². The highest BCUT2D eigenvalue weighted by Gasteiger charge is 2.22. The van der Waals surface area contributed by atoms with Gasteiger partial charge >= 0.3 is 0 Å². The minimum atomic E-state index is -4.15. The molecule has 0 atom stereocenters. The van der Waals surface area contributed by atoms with Crippen molar-refractivity contribution in [2.45, 2.75) is 11.9 Å². The first-order valence-electron chi connectivity index (χ1n) is 5.16. The van der Waals surface area contributed by atoms with Gasteiger partial charge in [-0.3, -0.25) is 4.72 Å². The van der Waals surface area contributed by atoms with Gasteiger partial charge in [-0.15, -0.1) is 0 Å². The van der Waals surface area contributed by atoms with E-state index in [1.54, 1.807) is 13.0 Å². The van der Waals surface area contributed by atoms with Crippen molar-refractivity contribution in [3.63, 3.8) is 0 Å². The first kappa shape index (κ1) is 13.7. The third-order valence-corrected chi connectivity index (χ3v) is 3.90. The van der Waals surface area contributed by atoms with Crippen LogP contribution in [-0.2, 0) is 10.0 Å². The smallest absolute Gasteiger partial charge is 0.275 e. The summed E-state index contributed by atoms with van der Waals surface area (Å²) in [5.41, 5.74) is 0.675. The summed E-state index contributed by atoms with van der Waals surface area (Å²) < 4.78 is 39.7. The Morgan fingerprint density at radius 2 is 2.00 bits per heavy atom. The Bertz CT molecular complexity index is 701. The second-order valence-electron chi connectivity index (χ2n) is 3.69. The van der Waals surface area contributed by atoms with Gasteiger partial charge < -0.3 is 0 Å². The van der Waals surface area contributed by atoms with E-state index < -0.39 is 20.9 Å². The molecule has 2 heterocycles. The van der Waals surface area contributed by atoms with Gasteiger partial charge in [0.1, 0.15) is 0 Å². The lowest BCUT2D eigenvalue weighted by Crippen LogP contribution is -2.17. The molecular weight excluding hydrogens is 293 g/mol. The molecule has 0 radical (unpaired) electrons. The lowest BCUT2D eigenvalue weighted by molar-refractivity contribution is 0.557. The maximum absolute atomic E-state index is 13.5. The van der Waals surface area contributed by atoms with Crippen LogP contribution in [0.3, 0.4) is 0 Å². The van der Waals surface area contributed by atoms with Crippen molar-refractivity contribution in [1.82, 2.24) is 9.97 Å². The molecule has 0 aromatic carbocycles. The van der Waals surface area contributed by atoms with E-state index in [-0.39, 0.29) is 10.8 Å². The molecule has 0 unspecified atom stereocenters. The number of hydrogen-bond acceptors (Lipinski definition) is 4. The van der Waals surface area contributed by atoms with Gasteiger partial charge in [0.15, 0.2) is 11.0 Å². The summed E-state index contributed by atoms with van der Waals surface area (Å²) in [6.07, 6.45) is 2.63. The Balaban J connectivity index is 2.46. The zero-order valence-corrected chi connectivity index (χ0v) is 11.3. The van der Waals surface area contributed by atoms with Gasteiger partial charge in [0, 0.05) is 12.4 Å². The summed E-state index contributed by atoms with van der Waals surface area (Å²) in [6.45, 7) is 1.65. The fraction of sp³-hybridized carbons (Fsp3) is 0.0909. The molecular formula is C11H9ClFN3O2S. The molecule has 19 heavy (non-hydrogen) atoms. The van der Waals surface area contributed by atoms with Crippen LogP contribution in [0.25, 0.3) is 0 Å². The average Bonchev–Trinajstić information content (AvgIpc) is 2.34. The van der Waals surface area contributed by atoms with Gasteiger partial charge in [0.25, 0.3) is 10.0 Å². The van der Waals surface area contributed by atoms with Crippen molar-refractivity contribution < 1.29 is 12.8 Å². The summed E-state index contributed by atoms with van der Waals surface area (Å²) in [4.78, 5) is 7.28. The monoisotopic (exact) mass is 301 g/mol. The number of hydrogen-bond donors (Lipinski definition) is 1. The first-order chi connectivity index (χ1) is 8.92. The normalized spacial score (nSPS) is 11.3. The van der Waals surface area contributed by atoms with E-state index in [4.69, 9.17) is 11.6 Å². The van der Waals surface area contributed by atoms with Crippen LogP contribution in [0.2, 0.25) is 5.15 Å². The molecule has 0 amide bonds. The molecule has 0 saturated heterocycles. The number of anilines is 1. The first-order valence-corrected chi connectivity index (χ1v) is 7.02. The molecule has 0 aliphatic heterocycles. The number of aryl methyl sites for hydroxylation is 1. The second-order valence-corrected chi connectivity index (χ2v) is 5.65. The van der Waals surface area contributed by atoms with Gasteiger partial charge in [-0.05, 0) is 30.7 Å². The predicted octanol–water partition coefficient (Wildman–Crippen LogP) is 2.38. The SMILES string of the molecule is Cc1ccnc(Cl)c1NS(=O)(=O)c1ncccc1F. The summed E-state index contributed by atoms with van der Waals surface area (Å²) in [5, 5.41) is -0.700. The molecule has 5 nitrogen and oxygen atoms in total. The van der Waals surface area contributed by atoms with E-state index in [0.29, 0.717) is 5.56 Å². The molecule has 0 spiro atoms. The second kappa shape index (κ2) is 5.10. The molecule has 0 saturated carbocycles. The Kier molecular flexibility index (Phi) is 3.68. The standard InChI is InChI=1S/C11H9ClFN3O2S/c1-7-4-6-14-10(12)9(7)16-19(17,18)11-8(13)3-2-5-15-11/h2-6,16H,1H3. The molecule has 2 rings (SSSR count). The van der Waals surface area contributed by atoms with Crippen LogP contribution in [0.5, 0.6) is 0 Å². The Morgan fingerprint density at radius 3 is 2.63 bits per heavy atom. The Labute approximate surface area is 114 Å². The van der Waals surface area contributed by atoms with E-state index in [2.05, 4.69) is 14.7 Å². The Morgan fingerprint density at radius 1 is 1.26 bits per heavy atom. The maximum Gasteiger partial charge on any atom is 0.282 e. The number of halogens is 2. The van der Waals surface area contributed by atoms with Crippen molar-refractivity contribution in [2.75, 3.05) is 4.72 Å². The summed E-state index contributed by atoms with van der Waals surface area (Å²) >= 11 is 5.81. The number of sulfonamides is 1. The molecule has 8 heteroatoms. The average molecular weight is 302 g/mol.